The second-order valence-corrected chi connectivity index (χ2v) is 22.9. The standard InChI is InChI=1S/C26H18.C17H17F3.2C8H10.C8H16.2C6H5.4C2H6.Y/c1-5-13-22-18(9-1)17-19-10-2-6-14-23(19)26(22)24-15-7-3-11-20(24)21-12-4-8-16-25(21)26;1-12-4-8-14(9-5-12)16(3,17(18,19)20)15-10-6-13(2)7-11-15;1-7-3-5-8(2)6-4-7;1-7-4-3-5-8(2)6-7;1-8(2)6-4-3-5-7-8;2*1-2-4-6-5-3-1;4*1-2;/h1-16H,17H2;4-11H,1-3H3;2*3-6H,1-2H3;3-7H2,1-2H3;2*1-5H;4*1-2H3;/q;;;;;2*-1;;;;;. The van der Waals surface area contributed by atoms with Gasteiger partial charge in [-0.2, -0.15) is 86.0 Å². The number of hydrogen-bond donors (Lipinski definition) is 0. The van der Waals surface area contributed by atoms with E-state index in [2.05, 4.69) is 199 Å². The van der Waals surface area contributed by atoms with Crippen molar-refractivity contribution in [1.29, 1.82) is 0 Å². The summed E-state index contributed by atoms with van der Waals surface area (Å²) in [6.45, 7) is 34.1. The molecule has 0 saturated heterocycles. The number of aryl methyl sites for hydroxylation is 6. The van der Waals surface area contributed by atoms with Crippen LogP contribution in [0.25, 0.3) is 11.1 Å². The third-order valence-corrected chi connectivity index (χ3v) is 15.8. The van der Waals surface area contributed by atoms with Gasteiger partial charge in [-0.25, -0.2) is 0 Å². The van der Waals surface area contributed by atoms with Crippen LogP contribution in [0.1, 0.15) is 186 Å². The molecule has 13 rings (SSSR count). The fraction of sp³-hybridized carbons (Fsp3) is 0.310. The fourth-order valence-corrected chi connectivity index (χ4v) is 11.2. The third kappa shape index (κ3) is 23.6. The molecule has 0 N–H and O–H groups in total. The first-order chi connectivity index (χ1) is 43.4. The molecule has 0 aliphatic heterocycles. The molecule has 0 bridgehead atoms. The van der Waals surface area contributed by atoms with Crippen molar-refractivity contribution in [2.24, 2.45) is 5.41 Å². The second-order valence-electron chi connectivity index (χ2n) is 22.9. The zero-order valence-electron chi connectivity index (χ0n) is 58.2. The summed E-state index contributed by atoms with van der Waals surface area (Å²) in [5.41, 5.74) is 17.6. The van der Waals surface area contributed by atoms with E-state index in [0.717, 1.165) is 17.5 Å². The van der Waals surface area contributed by atoms with Gasteiger partial charge < -0.3 is 0 Å². The van der Waals surface area contributed by atoms with Crippen molar-refractivity contribution in [1.82, 2.24) is 0 Å². The van der Waals surface area contributed by atoms with Gasteiger partial charge in [0.05, 0.1) is 5.41 Å². The molecule has 0 heterocycles. The Morgan fingerprint density at radius 1 is 0.341 bits per heavy atom. The monoisotopic (exact) mass is 1300 g/mol. The van der Waals surface area contributed by atoms with Gasteiger partial charge in [0.1, 0.15) is 5.41 Å². The number of fused-ring (bicyclic) bond motifs is 9. The van der Waals surface area contributed by atoms with E-state index in [9.17, 15) is 13.2 Å². The van der Waals surface area contributed by atoms with E-state index in [1.165, 1.54) is 106 Å². The zero-order valence-corrected chi connectivity index (χ0v) is 61.0. The molecule has 0 nitrogen and oxygen atoms in total. The summed E-state index contributed by atoms with van der Waals surface area (Å²) in [4.78, 5) is 0. The van der Waals surface area contributed by atoms with Gasteiger partial charge in [0.15, 0.2) is 0 Å². The molecule has 1 spiro atoms. The van der Waals surface area contributed by atoms with Gasteiger partial charge in [-0.3, -0.25) is 0 Å². The summed E-state index contributed by atoms with van der Waals surface area (Å²) in [7, 11) is 0. The minimum absolute atomic E-state index is 0. The van der Waals surface area contributed by atoms with Crippen molar-refractivity contribution in [2.75, 3.05) is 0 Å². The van der Waals surface area contributed by atoms with Crippen LogP contribution in [0.2, 0.25) is 0 Å². The van der Waals surface area contributed by atoms with Crippen LogP contribution in [-0.4, -0.2) is 6.18 Å². The molecule has 1 radical (unpaired) electrons. The Hall–Kier alpha value is -6.91. The number of halogens is 3. The number of rotatable bonds is 2. The van der Waals surface area contributed by atoms with Crippen LogP contribution in [0.15, 0.2) is 255 Å². The molecule has 91 heavy (non-hydrogen) atoms. The van der Waals surface area contributed by atoms with E-state index in [1.54, 1.807) is 48.5 Å². The molecular formula is C87H105F3Y-2. The maximum Gasteiger partial charge on any atom is 0.402 e. The summed E-state index contributed by atoms with van der Waals surface area (Å²) in [6, 6.07) is 91.0. The third-order valence-electron chi connectivity index (χ3n) is 15.8. The maximum absolute atomic E-state index is 13.7. The van der Waals surface area contributed by atoms with Gasteiger partial charge in [-0.15, -0.1) is 0 Å². The summed E-state index contributed by atoms with van der Waals surface area (Å²) in [6.07, 6.45) is 3.97. The van der Waals surface area contributed by atoms with Gasteiger partial charge in [0, 0.05) is 32.7 Å². The van der Waals surface area contributed by atoms with Crippen LogP contribution in [-0.2, 0) is 50.0 Å². The van der Waals surface area contributed by atoms with Crippen molar-refractivity contribution in [3.63, 3.8) is 0 Å². The van der Waals surface area contributed by atoms with Crippen molar-refractivity contribution < 1.29 is 45.9 Å². The van der Waals surface area contributed by atoms with E-state index >= 15 is 0 Å². The van der Waals surface area contributed by atoms with Crippen LogP contribution in [0.4, 0.5) is 13.2 Å². The molecular weight excluding hydrogens is 1190 g/mol. The average molecular weight is 1300 g/mol. The first-order valence-corrected chi connectivity index (χ1v) is 32.9. The molecule has 0 aromatic heterocycles. The Kier molecular flexibility index (Phi) is 37.3. The number of alkyl halides is 3. The van der Waals surface area contributed by atoms with E-state index in [1.807, 2.05) is 130 Å². The molecule has 0 unspecified atom stereocenters. The molecule has 4 heteroatoms. The van der Waals surface area contributed by atoms with E-state index in [0.29, 0.717) is 5.41 Å². The molecule has 10 aromatic rings. The second kappa shape index (κ2) is 42.3. The zero-order chi connectivity index (χ0) is 66.6. The van der Waals surface area contributed by atoms with Crippen molar-refractivity contribution in [3.05, 3.63) is 345 Å². The number of hydrogen-bond acceptors (Lipinski definition) is 0. The SMILES string of the molecule is CC.CC.CC.CC.CC1(C)CCCCC1.Cc1ccc(C(C)(c2ccc(C)cc2)C(F)(F)F)cc1.Cc1ccc(C)cc1.Cc1cccc(C)c1.[Y].[c-]1ccccc1.[c-]1ccccc1.c1ccc2c(c1)Cc1ccccc1C21c2ccccc2-c2ccccc21. The maximum atomic E-state index is 13.7. The topological polar surface area (TPSA) is 0 Å². The fourth-order valence-electron chi connectivity index (χ4n) is 11.2. The molecule has 479 valence electrons. The van der Waals surface area contributed by atoms with Crippen LogP contribution >= 0.6 is 0 Å². The van der Waals surface area contributed by atoms with Gasteiger partial charge in [-0.05, 0) is 129 Å². The van der Waals surface area contributed by atoms with Crippen molar-refractivity contribution in [3.8, 4) is 11.1 Å². The van der Waals surface area contributed by atoms with Crippen LogP contribution in [0, 0.1) is 59.1 Å². The molecule has 3 aliphatic rings. The van der Waals surface area contributed by atoms with Crippen molar-refractivity contribution >= 4 is 0 Å². The molecule has 0 amide bonds. The largest absolute Gasteiger partial charge is 0.402 e. The summed E-state index contributed by atoms with van der Waals surface area (Å²) < 4.78 is 41.0. The first-order valence-electron chi connectivity index (χ1n) is 32.9. The molecule has 3 aliphatic carbocycles. The van der Waals surface area contributed by atoms with Gasteiger partial charge >= 0.3 is 6.18 Å². The van der Waals surface area contributed by atoms with E-state index in [4.69, 9.17) is 0 Å². The minimum Gasteiger partial charge on any atom is -0.184 e. The smallest absolute Gasteiger partial charge is 0.184 e. The predicted octanol–water partition coefficient (Wildman–Crippen LogP) is 25.8. The first kappa shape index (κ1) is 80.2. The molecule has 10 aromatic carbocycles. The normalized spacial score (nSPS) is 12.4. The minimum atomic E-state index is -4.35. The Morgan fingerprint density at radius 3 is 0.912 bits per heavy atom. The predicted molar refractivity (Wildman–Crippen MR) is 386 cm³/mol. The Morgan fingerprint density at radius 2 is 0.648 bits per heavy atom. The van der Waals surface area contributed by atoms with Gasteiger partial charge in [0.25, 0.3) is 0 Å². The number of benzene rings is 10. The molecule has 1 fully saturated rings. The van der Waals surface area contributed by atoms with Crippen molar-refractivity contribution in [2.45, 2.75) is 173 Å². The summed E-state index contributed by atoms with van der Waals surface area (Å²) in [5.74, 6) is 0. The summed E-state index contributed by atoms with van der Waals surface area (Å²) >= 11 is 0. The van der Waals surface area contributed by atoms with Gasteiger partial charge in [0.2, 0.25) is 0 Å². The van der Waals surface area contributed by atoms with Crippen LogP contribution in [0.5, 0.6) is 0 Å². The van der Waals surface area contributed by atoms with Crippen LogP contribution < -0.4 is 0 Å². The Bertz CT molecular complexity index is 3220. The van der Waals surface area contributed by atoms with Crippen LogP contribution in [0.3, 0.4) is 0 Å². The molecule has 0 atom stereocenters. The quantitative estimate of drug-likeness (QED) is 0.151. The summed E-state index contributed by atoms with van der Waals surface area (Å²) in [5, 5.41) is 0. The Labute approximate surface area is 576 Å². The Balaban J connectivity index is 0.000000383. The van der Waals surface area contributed by atoms with Gasteiger partial charge in [-0.1, -0.05) is 316 Å². The van der Waals surface area contributed by atoms with E-state index in [-0.39, 0.29) is 49.3 Å². The average Bonchev–Trinajstić information content (AvgIpc) is 1.58. The van der Waals surface area contributed by atoms with E-state index < -0.39 is 11.6 Å². The molecule has 1 saturated carbocycles.